The summed E-state index contributed by atoms with van der Waals surface area (Å²) in [5.41, 5.74) is 4.59. The van der Waals surface area contributed by atoms with Crippen molar-refractivity contribution < 1.29 is 4.42 Å². The maximum absolute atomic E-state index is 12.3. The highest BCUT2D eigenvalue weighted by atomic mass is 16.4. The summed E-state index contributed by atoms with van der Waals surface area (Å²) in [5, 5.41) is 5.16. The smallest absolute Gasteiger partial charge is 0.363 e. The molecule has 2 aromatic carbocycles. The molecule has 1 N–H and O–H groups in total. The van der Waals surface area contributed by atoms with Crippen LogP contribution in [0.3, 0.4) is 0 Å². The van der Waals surface area contributed by atoms with E-state index in [0.717, 1.165) is 33.3 Å². The van der Waals surface area contributed by atoms with Crippen molar-refractivity contribution in [2.75, 3.05) is 5.32 Å². The Morgan fingerprint density at radius 1 is 1.00 bits per heavy atom. The zero-order chi connectivity index (χ0) is 15.4. The monoisotopic (exact) mass is 300 g/mol. The van der Waals surface area contributed by atoms with Crippen molar-refractivity contribution in [2.24, 2.45) is 0 Å². The van der Waals surface area contributed by atoms with Crippen molar-refractivity contribution in [1.82, 2.24) is 4.98 Å². The second-order valence-corrected chi connectivity index (χ2v) is 5.68. The molecule has 4 heteroatoms. The number of pyridine rings is 1. The fraction of sp³-hybridized carbons (Fsp3) is 0.0526. The quantitative estimate of drug-likeness (QED) is 0.395. The zero-order valence-corrected chi connectivity index (χ0v) is 12.2. The highest BCUT2D eigenvalue weighted by molar-refractivity contribution is 6.04. The van der Waals surface area contributed by atoms with E-state index >= 15 is 0 Å². The summed E-state index contributed by atoms with van der Waals surface area (Å²) >= 11 is 0. The number of anilines is 1. The number of rotatable bonds is 0. The van der Waals surface area contributed by atoms with Crippen molar-refractivity contribution in [3.63, 3.8) is 0 Å². The number of para-hydroxylation sites is 2. The molecule has 0 saturated heterocycles. The molecule has 1 aliphatic heterocycles. The number of nitrogens with zero attached hydrogens (tertiary/aromatic N) is 1. The molecular formula is C19H12N2O2. The molecule has 110 valence electrons. The van der Waals surface area contributed by atoms with E-state index in [1.54, 1.807) is 0 Å². The molecule has 23 heavy (non-hydrogen) atoms. The first kappa shape index (κ1) is 12.4. The molecule has 0 amide bonds. The minimum Gasteiger partial charge on any atom is -0.421 e. The van der Waals surface area contributed by atoms with Crippen LogP contribution < -0.4 is 10.9 Å². The Balaban J connectivity index is 1.94. The molecule has 4 aromatic rings. The third kappa shape index (κ3) is 1.72. The first-order valence-corrected chi connectivity index (χ1v) is 7.50. The summed E-state index contributed by atoms with van der Waals surface area (Å²) in [6, 6.07) is 17.6. The van der Waals surface area contributed by atoms with Crippen molar-refractivity contribution in [3.8, 4) is 11.3 Å². The van der Waals surface area contributed by atoms with E-state index in [1.807, 2.05) is 48.5 Å². The fourth-order valence-electron chi connectivity index (χ4n) is 3.24. The maximum Gasteiger partial charge on any atom is 0.363 e. The predicted molar refractivity (Wildman–Crippen MR) is 90.5 cm³/mol. The van der Waals surface area contributed by atoms with Crippen LogP contribution in [0.2, 0.25) is 0 Å². The van der Waals surface area contributed by atoms with Gasteiger partial charge in [-0.15, -0.1) is 0 Å². The first-order chi connectivity index (χ1) is 11.3. The van der Waals surface area contributed by atoms with Gasteiger partial charge in [0.25, 0.3) is 0 Å². The Morgan fingerprint density at radius 2 is 1.83 bits per heavy atom. The van der Waals surface area contributed by atoms with Gasteiger partial charge >= 0.3 is 5.63 Å². The molecule has 0 atom stereocenters. The molecule has 0 radical (unpaired) electrons. The van der Waals surface area contributed by atoms with Crippen LogP contribution in [-0.2, 0) is 6.54 Å². The van der Waals surface area contributed by atoms with Crippen LogP contribution in [0, 0.1) is 0 Å². The average Bonchev–Trinajstić information content (AvgIpc) is 2.60. The molecule has 0 unspecified atom stereocenters. The SMILES string of the molecule is O=c1oc2ccccc2c2cc3c(nc12)-c1ccccc1NC3. The summed E-state index contributed by atoms with van der Waals surface area (Å²) in [6.07, 6.45) is 0. The second-order valence-electron chi connectivity index (χ2n) is 5.68. The number of nitrogens with one attached hydrogen (secondary N) is 1. The number of fused-ring (bicyclic) bond motifs is 6. The van der Waals surface area contributed by atoms with Gasteiger partial charge in [0, 0.05) is 28.6 Å². The van der Waals surface area contributed by atoms with Gasteiger partial charge in [-0.05, 0) is 23.8 Å². The highest BCUT2D eigenvalue weighted by Crippen LogP contribution is 2.36. The van der Waals surface area contributed by atoms with E-state index in [-0.39, 0.29) is 0 Å². The van der Waals surface area contributed by atoms with Crippen LogP contribution in [-0.4, -0.2) is 4.98 Å². The lowest BCUT2D eigenvalue weighted by Gasteiger charge is -2.21. The Labute approximate surface area is 131 Å². The van der Waals surface area contributed by atoms with Gasteiger partial charge in [0.15, 0.2) is 5.52 Å². The van der Waals surface area contributed by atoms with Crippen molar-refractivity contribution in [2.45, 2.75) is 6.54 Å². The van der Waals surface area contributed by atoms with Gasteiger partial charge in [0.2, 0.25) is 0 Å². The highest BCUT2D eigenvalue weighted by Gasteiger charge is 2.19. The average molecular weight is 300 g/mol. The molecule has 0 aliphatic carbocycles. The third-order valence-electron chi connectivity index (χ3n) is 4.33. The zero-order valence-electron chi connectivity index (χ0n) is 12.2. The van der Waals surface area contributed by atoms with Crippen molar-refractivity contribution in [3.05, 3.63) is 70.6 Å². The minimum absolute atomic E-state index is 0.388. The van der Waals surface area contributed by atoms with E-state index in [2.05, 4.69) is 16.4 Å². The second kappa shape index (κ2) is 4.43. The molecule has 0 bridgehead atoms. The molecule has 0 saturated carbocycles. The van der Waals surface area contributed by atoms with Crippen LogP contribution >= 0.6 is 0 Å². The Morgan fingerprint density at radius 3 is 2.78 bits per heavy atom. The molecule has 3 heterocycles. The lowest BCUT2D eigenvalue weighted by molar-refractivity contribution is 0.568. The molecule has 5 rings (SSSR count). The van der Waals surface area contributed by atoms with Gasteiger partial charge in [-0.3, -0.25) is 0 Å². The lowest BCUT2D eigenvalue weighted by Crippen LogP contribution is -2.12. The van der Waals surface area contributed by atoms with Crippen molar-refractivity contribution in [1.29, 1.82) is 0 Å². The summed E-state index contributed by atoms with van der Waals surface area (Å²) in [5.74, 6) is 0. The number of aromatic nitrogens is 1. The van der Waals surface area contributed by atoms with Crippen LogP contribution in [0.1, 0.15) is 5.56 Å². The minimum atomic E-state index is -0.391. The molecule has 0 spiro atoms. The fourth-order valence-corrected chi connectivity index (χ4v) is 3.24. The Hall–Kier alpha value is -3.14. The molecule has 4 nitrogen and oxygen atoms in total. The maximum atomic E-state index is 12.3. The largest absolute Gasteiger partial charge is 0.421 e. The normalized spacial score (nSPS) is 12.7. The Kier molecular flexibility index (Phi) is 2.39. The van der Waals surface area contributed by atoms with Crippen LogP contribution in [0.15, 0.2) is 63.8 Å². The van der Waals surface area contributed by atoms with Gasteiger partial charge in [-0.2, -0.15) is 0 Å². The van der Waals surface area contributed by atoms with E-state index in [0.29, 0.717) is 17.6 Å². The first-order valence-electron chi connectivity index (χ1n) is 7.50. The summed E-state index contributed by atoms with van der Waals surface area (Å²) in [6.45, 7) is 0.698. The van der Waals surface area contributed by atoms with E-state index in [1.165, 1.54) is 0 Å². The third-order valence-corrected chi connectivity index (χ3v) is 4.33. The lowest BCUT2D eigenvalue weighted by atomic mass is 9.98. The van der Waals surface area contributed by atoms with Crippen LogP contribution in [0.25, 0.3) is 33.1 Å². The van der Waals surface area contributed by atoms with Crippen LogP contribution in [0.4, 0.5) is 5.69 Å². The van der Waals surface area contributed by atoms with E-state index < -0.39 is 5.63 Å². The van der Waals surface area contributed by atoms with Gasteiger partial charge < -0.3 is 9.73 Å². The molecule has 1 aliphatic rings. The summed E-state index contributed by atoms with van der Waals surface area (Å²) in [7, 11) is 0. The number of hydrogen-bond acceptors (Lipinski definition) is 4. The van der Waals surface area contributed by atoms with Crippen LogP contribution in [0.5, 0.6) is 0 Å². The Bertz CT molecular complexity index is 1150. The van der Waals surface area contributed by atoms with Gasteiger partial charge in [-0.1, -0.05) is 36.4 Å². The van der Waals surface area contributed by atoms with E-state index in [4.69, 9.17) is 4.42 Å². The summed E-state index contributed by atoms with van der Waals surface area (Å²) in [4.78, 5) is 17.0. The van der Waals surface area contributed by atoms with E-state index in [9.17, 15) is 4.79 Å². The van der Waals surface area contributed by atoms with Crippen molar-refractivity contribution >= 4 is 27.6 Å². The number of benzene rings is 2. The molecular weight excluding hydrogens is 288 g/mol. The predicted octanol–water partition coefficient (Wildman–Crippen LogP) is 3.93. The molecule has 0 fully saturated rings. The van der Waals surface area contributed by atoms with Gasteiger partial charge in [0.1, 0.15) is 5.58 Å². The number of hydrogen-bond donors (Lipinski definition) is 1. The topological polar surface area (TPSA) is 55.1 Å². The van der Waals surface area contributed by atoms with Gasteiger partial charge in [-0.25, -0.2) is 9.78 Å². The molecule has 2 aromatic heterocycles. The summed E-state index contributed by atoms with van der Waals surface area (Å²) < 4.78 is 5.42. The standard InChI is InChI=1S/C19H12N2O2/c22-19-18-14(12-5-2-4-8-16(12)23-19)9-11-10-20-15-7-3-1-6-13(15)17(11)21-18/h1-9,20H,10H2. The van der Waals surface area contributed by atoms with Gasteiger partial charge in [0.05, 0.1) is 5.69 Å².